The van der Waals surface area contributed by atoms with E-state index in [-0.39, 0.29) is 5.56 Å². The average molecular weight is 494 g/mol. The van der Waals surface area contributed by atoms with Gasteiger partial charge in [0.15, 0.2) is 17.3 Å². The Morgan fingerprint density at radius 2 is 1.91 bits per heavy atom. The number of nitrogens with zero attached hydrogens (tertiary/aromatic N) is 3. The summed E-state index contributed by atoms with van der Waals surface area (Å²) >= 11 is 1.23. The van der Waals surface area contributed by atoms with Crippen LogP contribution in [0.25, 0.3) is 22.4 Å². The van der Waals surface area contributed by atoms with E-state index < -0.39 is 5.97 Å². The minimum absolute atomic E-state index is 0.274. The summed E-state index contributed by atoms with van der Waals surface area (Å²) in [4.78, 5) is 29.3. The van der Waals surface area contributed by atoms with Gasteiger partial charge in [0.2, 0.25) is 4.96 Å². The van der Waals surface area contributed by atoms with E-state index >= 15 is 0 Å². The Bertz CT molecular complexity index is 1440. The van der Waals surface area contributed by atoms with Gasteiger partial charge in [0.05, 0.1) is 23.8 Å². The highest BCUT2D eigenvalue weighted by atomic mass is 32.1. The van der Waals surface area contributed by atoms with Crippen molar-refractivity contribution in [2.75, 3.05) is 13.7 Å². The van der Waals surface area contributed by atoms with Gasteiger partial charge in [0, 0.05) is 6.92 Å². The number of carbonyl (C=O) groups is 1. The Morgan fingerprint density at radius 1 is 1.09 bits per heavy atom. The molecule has 8 nitrogen and oxygen atoms in total. The van der Waals surface area contributed by atoms with Crippen molar-refractivity contribution in [2.45, 2.75) is 39.5 Å². The number of hydrogen-bond donors (Lipinski definition) is 0. The monoisotopic (exact) mass is 493 g/mol. The van der Waals surface area contributed by atoms with Crippen molar-refractivity contribution in [3.63, 3.8) is 0 Å². The summed E-state index contributed by atoms with van der Waals surface area (Å²) in [6.45, 7) is 4.15. The van der Waals surface area contributed by atoms with Crippen LogP contribution in [0, 0.1) is 0 Å². The highest BCUT2D eigenvalue weighted by Gasteiger charge is 2.16. The molecule has 9 heteroatoms. The molecule has 0 saturated carbocycles. The van der Waals surface area contributed by atoms with E-state index in [0.29, 0.717) is 44.7 Å². The minimum atomic E-state index is -0.441. The quantitative estimate of drug-likeness (QED) is 0.185. The number of ether oxygens (including phenoxy) is 3. The molecule has 182 valence electrons. The first-order chi connectivity index (χ1) is 17.0. The zero-order valence-electron chi connectivity index (χ0n) is 19.9. The van der Waals surface area contributed by atoms with Crippen LogP contribution in [0.3, 0.4) is 0 Å². The molecule has 35 heavy (non-hydrogen) atoms. The van der Waals surface area contributed by atoms with Gasteiger partial charge in [-0.2, -0.15) is 9.50 Å². The van der Waals surface area contributed by atoms with Gasteiger partial charge in [-0.25, -0.2) is 0 Å². The van der Waals surface area contributed by atoms with Crippen LogP contribution >= 0.6 is 11.3 Å². The number of para-hydroxylation sites is 1. The maximum absolute atomic E-state index is 13.0. The third-order valence-electron chi connectivity index (χ3n) is 5.30. The van der Waals surface area contributed by atoms with Crippen molar-refractivity contribution in [2.24, 2.45) is 0 Å². The summed E-state index contributed by atoms with van der Waals surface area (Å²) in [6, 6.07) is 12.5. The van der Waals surface area contributed by atoms with E-state index in [0.717, 1.165) is 18.4 Å². The van der Waals surface area contributed by atoms with Crippen molar-refractivity contribution >= 4 is 28.3 Å². The summed E-state index contributed by atoms with van der Waals surface area (Å²) in [6.07, 6.45) is 6.30. The molecule has 0 spiro atoms. The first-order valence-electron chi connectivity index (χ1n) is 11.5. The average Bonchev–Trinajstić information content (AvgIpc) is 3.38. The number of benzene rings is 2. The molecule has 4 aromatic rings. The van der Waals surface area contributed by atoms with Crippen LogP contribution in [0.4, 0.5) is 0 Å². The number of aromatic nitrogens is 3. The molecule has 0 fully saturated rings. The van der Waals surface area contributed by atoms with Crippen LogP contribution in [0.1, 0.15) is 45.1 Å². The minimum Gasteiger partial charge on any atom is -0.493 e. The van der Waals surface area contributed by atoms with Crippen molar-refractivity contribution in [1.29, 1.82) is 0 Å². The molecular formula is C26H27N3O5S. The smallest absolute Gasteiger partial charge is 0.308 e. The molecule has 0 amide bonds. The van der Waals surface area contributed by atoms with Crippen LogP contribution in [0.5, 0.6) is 17.2 Å². The molecule has 0 aliphatic rings. The molecule has 2 aromatic heterocycles. The largest absolute Gasteiger partial charge is 0.493 e. The molecule has 0 N–H and O–H groups in total. The lowest BCUT2D eigenvalue weighted by Gasteiger charge is -2.11. The van der Waals surface area contributed by atoms with E-state index in [9.17, 15) is 9.59 Å². The topological polar surface area (TPSA) is 92.0 Å². The maximum Gasteiger partial charge on any atom is 0.308 e. The maximum atomic E-state index is 13.0. The number of methoxy groups -OCH3 is 1. The number of fused-ring (bicyclic) bond motifs is 1. The lowest BCUT2D eigenvalue weighted by atomic mass is 10.2. The molecule has 0 unspecified atom stereocenters. The number of hydrogen-bond acceptors (Lipinski definition) is 8. The van der Waals surface area contributed by atoms with Crippen molar-refractivity contribution in [3.05, 3.63) is 62.9 Å². The normalized spacial score (nSPS) is 11.7. The van der Waals surface area contributed by atoms with E-state index in [1.807, 2.05) is 18.2 Å². The molecule has 0 bridgehead atoms. The SMILES string of the molecule is CCCCCCOc1ccc(/C=c2\sc3nc(-c4ccccc4OC(C)=O)nn3c2=O)cc1OC. The van der Waals surface area contributed by atoms with Crippen molar-refractivity contribution in [3.8, 4) is 28.6 Å². The zero-order chi connectivity index (χ0) is 24.8. The van der Waals surface area contributed by atoms with Crippen molar-refractivity contribution < 1.29 is 19.0 Å². The van der Waals surface area contributed by atoms with Gasteiger partial charge in [-0.05, 0) is 42.3 Å². The van der Waals surface area contributed by atoms with E-state index in [1.54, 1.807) is 37.5 Å². The standard InChI is InChI=1S/C26H27N3O5S/c1-4-5-6-9-14-33-21-13-12-18(15-22(21)32-3)16-23-25(31)29-26(35-23)27-24(28-29)19-10-7-8-11-20(19)34-17(2)30/h7-8,10-13,15-16H,4-6,9,14H2,1-3H3/b23-16-. The second kappa shape index (κ2) is 11.1. The van der Waals surface area contributed by atoms with Gasteiger partial charge in [-0.15, -0.1) is 5.10 Å². The van der Waals surface area contributed by atoms with Crippen LogP contribution in [0.15, 0.2) is 47.3 Å². The molecule has 4 rings (SSSR count). The van der Waals surface area contributed by atoms with E-state index in [1.165, 1.54) is 35.6 Å². The third kappa shape index (κ3) is 5.68. The summed E-state index contributed by atoms with van der Waals surface area (Å²) in [7, 11) is 1.60. The fraction of sp³-hybridized carbons (Fsp3) is 0.308. The van der Waals surface area contributed by atoms with Gasteiger partial charge >= 0.3 is 5.97 Å². The Morgan fingerprint density at radius 3 is 2.66 bits per heavy atom. The molecule has 0 atom stereocenters. The van der Waals surface area contributed by atoms with Crippen LogP contribution in [-0.4, -0.2) is 34.3 Å². The predicted molar refractivity (Wildman–Crippen MR) is 135 cm³/mol. The Kier molecular flexibility index (Phi) is 7.77. The first kappa shape index (κ1) is 24.4. The number of carbonyl (C=O) groups excluding carboxylic acids is 1. The second-order valence-electron chi connectivity index (χ2n) is 7.95. The zero-order valence-corrected chi connectivity index (χ0v) is 20.8. The number of rotatable bonds is 10. The fourth-order valence-electron chi connectivity index (χ4n) is 3.60. The molecule has 2 aromatic carbocycles. The van der Waals surface area contributed by atoms with E-state index in [4.69, 9.17) is 14.2 Å². The van der Waals surface area contributed by atoms with Gasteiger partial charge in [0.1, 0.15) is 5.75 Å². The first-order valence-corrected chi connectivity index (χ1v) is 12.3. The van der Waals surface area contributed by atoms with Crippen molar-refractivity contribution in [1.82, 2.24) is 14.6 Å². The number of esters is 1. The van der Waals surface area contributed by atoms with Crippen LogP contribution in [-0.2, 0) is 4.79 Å². The van der Waals surface area contributed by atoms with E-state index in [2.05, 4.69) is 17.0 Å². The Labute approximate surface area is 206 Å². The second-order valence-corrected chi connectivity index (χ2v) is 8.96. The lowest BCUT2D eigenvalue weighted by Crippen LogP contribution is -2.23. The summed E-state index contributed by atoms with van der Waals surface area (Å²) in [5, 5.41) is 4.36. The van der Waals surface area contributed by atoms with Gasteiger partial charge in [0.25, 0.3) is 5.56 Å². The third-order valence-corrected chi connectivity index (χ3v) is 6.26. The summed E-state index contributed by atoms with van der Waals surface area (Å²) in [5.41, 5.74) is 1.07. The molecule has 0 saturated heterocycles. The van der Waals surface area contributed by atoms with Gasteiger partial charge in [-0.3, -0.25) is 9.59 Å². The molecule has 0 aliphatic heterocycles. The van der Waals surface area contributed by atoms with Crippen LogP contribution in [0.2, 0.25) is 0 Å². The highest BCUT2D eigenvalue weighted by Crippen LogP contribution is 2.29. The lowest BCUT2D eigenvalue weighted by molar-refractivity contribution is -0.131. The van der Waals surface area contributed by atoms with Gasteiger partial charge < -0.3 is 14.2 Å². The Balaban J connectivity index is 1.59. The molecule has 0 aliphatic carbocycles. The number of thiazole rings is 1. The van der Waals surface area contributed by atoms with Crippen LogP contribution < -0.4 is 24.3 Å². The van der Waals surface area contributed by atoms with Gasteiger partial charge in [-0.1, -0.05) is 55.7 Å². The fourth-order valence-corrected chi connectivity index (χ4v) is 4.51. The predicted octanol–water partition coefficient (Wildman–Crippen LogP) is 4.26. The Hall–Kier alpha value is -3.72. The molecular weight excluding hydrogens is 466 g/mol. The number of unbranched alkanes of at least 4 members (excludes halogenated alkanes) is 3. The molecule has 2 heterocycles. The molecule has 0 radical (unpaired) electrons. The summed E-state index contributed by atoms with van der Waals surface area (Å²) in [5.74, 6) is 1.52. The summed E-state index contributed by atoms with van der Waals surface area (Å²) < 4.78 is 18.4. The highest BCUT2D eigenvalue weighted by molar-refractivity contribution is 7.15.